The molecule has 0 bridgehead atoms. The molecule has 0 fully saturated rings. The normalized spacial score (nSPS) is 16.1. The quantitative estimate of drug-likeness (QED) is 0.430. The Morgan fingerprint density at radius 1 is 1.16 bits per heavy atom. The second-order valence-corrected chi connectivity index (χ2v) is 9.84. The van der Waals surface area contributed by atoms with Gasteiger partial charge in [-0.3, -0.25) is 9.48 Å². The van der Waals surface area contributed by atoms with E-state index in [0.29, 0.717) is 29.1 Å². The van der Waals surface area contributed by atoms with Crippen LogP contribution in [0.5, 0.6) is 0 Å². The maximum absolute atomic E-state index is 13.2. The monoisotopic (exact) mass is 450 g/mol. The van der Waals surface area contributed by atoms with Gasteiger partial charge in [0.15, 0.2) is 11.9 Å². The van der Waals surface area contributed by atoms with E-state index >= 15 is 0 Å². The van der Waals surface area contributed by atoms with Crippen LogP contribution in [-0.2, 0) is 23.0 Å². The molecule has 32 heavy (non-hydrogen) atoms. The van der Waals surface area contributed by atoms with Gasteiger partial charge < -0.3 is 4.90 Å². The van der Waals surface area contributed by atoms with E-state index in [9.17, 15) is 13.2 Å². The Bertz CT molecular complexity index is 1420. The molecule has 1 aliphatic rings. The summed E-state index contributed by atoms with van der Waals surface area (Å²) in [6.07, 6.45) is 5.34. The van der Waals surface area contributed by atoms with Gasteiger partial charge in [0.2, 0.25) is 0 Å². The predicted octanol–water partition coefficient (Wildman–Crippen LogP) is 2.44. The number of aldehydes is 1. The van der Waals surface area contributed by atoms with Gasteiger partial charge in [0.05, 0.1) is 22.9 Å². The molecule has 1 aliphatic heterocycles. The highest BCUT2D eigenvalue weighted by Gasteiger charge is 2.27. The highest BCUT2D eigenvalue weighted by atomic mass is 32.2. The molecule has 1 atom stereocenters. The van der Waals surface area contributed by atoms with E-state index < -0.39 is 10.0 Å². The van der Waals surface area contributed by atoms with Crippen LogP contribution in [0.25, 0.3) is 11.0 Å². The average molecular weight is 451 g/mol. The third kappa shape index (κ3) is 3.27. The number of likely N-dealkylation sites (N-methyl/N-ethyl adjacent to an activating group) is 1. The number of carbonyl (C=O) groups is 1. The highest BCUT2D eigenvalue weighted by Crippen LogP contribution is 2.29. The molecule has 0 N–H and O–H groups in total. The van der Waals surface area contributed by atoms with Crippen LogP contribution >= 0.6 is 0 Å². The molecule has 0 aliphatic carbocycles. The number of rotatable bonds is 5. The maximum atomic E-state index is 13.2. The summed E-state index contributed by atoms with van der Waals surface area (Å²) in [5.41, 5.74) is 2.80. The Morgan fingerprint density at radius 3 is 2.69 bits per heavy atom. The zero-order valence-electron chi connectivity index (χ0n) is 17.7. The average Bonchev–Trinajstić information content (AvgIpc) is 3.42. The molecule has 0 radical (unpaired) electrons. The number of fused-ring (bicyclic) bond motifs is 2. The second-order valence-electron chi connectivity index (χ2n) is 8.03. The summed E-state index contributed by atoms with van der Waals surface area (Å²) >= 11 is 0. The number of hydrogen-bond acceptors (Lipinski definition) is 7. The van der Waals surface area contributed by atoms with Gasteiger partial charge in [0.1, 0.15) is 17.8 Å². The van der Waals surface area contributed by atoms with E-state index in [4.69, 9.17) is 0 Å². The van der Waals surface area contributed by atoms with Crippen molar-refractivity contribution in [3.63, 3.8) is 0 Å². The first-order chi connectivity index (χ1) is 15.4. The van der Waals surface area contributed by atoms with Gasteiger partial charge in [-0.15, -0.1) is 0 Å². The Balaban J connectivity index is 1.50. The van der Waals surface area contributed by atoms with Gasteiger partial charge in [-0.2, -0.15) is 5.10 Å². The summed E-state index contributed by atoms with van der Waals surface area (Å²) in [6.45, 7) is 2.53. The van der Waals surface area contributed by atoms with Gasteiger partial charge in [0.25, 0.3) is 10.0 Å². The molecule has 0 saturated heterocycles. The molecule has 0 saturated carbocycles. The molecular formula is C22H22N6O3S. The minimum atomic E-state index is -3.79. The molecule has 4 aromatic rings. The van der Waals surface area contributed by atoms with Crippen molar-refractivity contribution in [3.05, 3.63) is 65.9 Å². The minimum absolute atomic E-state index is 0.0945. The zero-order chi connectivity index (χ0) is 22.5. The number of benzene rings is 1. The molecule has 0 amide bonds. The molecular weight excluding hydrogens is 428 g/mol. The van der Waals surface area contributed by atoms with Crippen LogP contribution in [0.15, 0.2) is 53.8 Å². The van der Waals surface area contributed by atoms with Crippen molar-refractivity contribution in [1.82, 2.24) is 23.7 Å². The van der Waals surface area contributed by atoms with Crippen LogP contribution in [0.4, 0.5) is 5.82 Å². The lowest BCUT2D eigenvalue weighted by molar-refractivity contribution is 0.111. The van der Waals surface area contributed by atoms with E-state index in [1.807, 2.05) is 29.6 Å². The molecule has 164 valence electrons. The van der Waals surface area contributed by atoms with Gasteiger partial charge in [-0.05, 0) is 44.0 Å². The van der Waals surface area contributed by atoms with Crippen molar-refractivity contribution >= 4 is 33.2 Å². The molecule has 0 unspecified atom stereocenters. The summed E-state index contributed by atoms with van der Waals surface area (Å²) in [5, 5.41) is 5.00. The molecule has 0 spiro atoms. The number of aromatic nitrogens is 5. The summed E-state index contributed by atoms with van der Waals surface area (Å²) in [6, 6.07) is 10.4. The lowest BCUT2D eigenvalue weighted by Crippen LogP contribution is -2.39. The first-order valence-corrected chi connectivity index (χ1v) is 11.7. The SMILES string of the molecule is Cc1ccc(S(=O)(=O)n2ccc3c(N(C)[C@@H]4CCc5cc(C=O)nn5C4)ncnc32)cc1. The lowest BCUT2D eigenvalue weighted by Gasteiger charge is -2.32. The molecule has 9 nitrogen and oxygen atoms in total. The fourth-order valence-corrected chi connectivity index (χ4v) is 5.50. The minimum Gasteiger partial charge on any atom is -0.354 e. The first kappa shape index (κ1) is 20.4. The van der Waals surface area contributed by atoms with Crippen molar-refractivity contribution in [2.45, 2.75) is 37.2 Å². The lowest BCUT2D eigenvalue weighted by atomic mass is 10.0. The second kappa shape index (κ2) is 7.56. The maximum Gasteiger partial charge on any atom is 0.269 e. The van der Waals surface area contributed by atoms with E-state index in [0.717, 1.165) is 30.4 Å². The standard InChI is InChI=1S/C22H22N6O3S/c1-15-3-7-19(8-4-15)32(30,31)28-10-9-20-21(23-14-24-22(20)28)26(2)18-6-5-17-11-16(13-29)25-27(17)12-18/h3-4,7-11,13-14,18H,5-6,12H2,1-2H3/t18-/m1/s1. The van der Waals surface area contributed by atoms with Crippen molar-refractivity contribution in [1.29, 1.82) is 0 Å². The molecule has 1 aromatic carbocycles. The molecule has 3 aromatic heterocycles. The topological polar surface area (TPSA) is 103 Å². The summed E-state index contributed by atoms with van der Waals surface area (Å²) in [7, 11) is -1.85. The van der Waals surface area contributed by atoms with E-state index in [1.54, 1.807) is 30.3 Å². The van der Waals surface area contributed by atoms with E-state index in [2.05, 4.69) is 15.1 Å². The van der Waals surface area contributed by atoms with Crippen LogP contribution in [0.2, 0.25) is 0 Å². The van der Waals surface area contributed by atoms with Gasteiger partial charge in [-0.25, -0.2) is 22.4 Å². The first-order valence-electron chi connectivity index (χ1n) is 10.3. The van der Waals surface area contributed by atoms with Crippen molar-refractivity contribution < 1.29 is 13.2 Å². The highest BCUT2D eigenvalue weighted by molar-refractivity contribution is 7.90. The third-order valence-corrected chi connectivity index (χ3v) is 7.69. The summed E-state index contributed by atoms with van der Waals surface area (Å²) in [5.74, 6) is 0.657. The largest absolute Gasteiger partial charge is 0.354 e. The van der Waals surface area contributed by atoms with Crippen LogP contribution in [0, 0.1) is 6.92 Å². The number of hydrogen-bond donors (Lipinski definition) is 0. The van der Waals surface area contributed by atoms with Crippen LogP contribution in [0.1, 0.15) is 28.2 Å². The Kier molecular flexibility index (Phi) is 4.81. The van der Waals surface area contributed by atoms with Gasteiger partial charge in [-0.1, -0.05) is 17.7 Å². The Morgan fingerprint density at radius 2 is 1.94 bits per heavy atom. The van der Waals surface area contributed by atoms with E-state index in [-0.39, 0.29) is 10.9 Å². The fourth-order valence-electron chi connectivity index (χ4n) is 4.20. The van der Waals surface area contributed by atoms with Crippen LogP contribution in [-0.4, -0.2) is 51.5 Å². The fraction of sp³-hybridized carbons (Fsp3) is 0.273. The third-order valence-electron chi connectivity index (χ3n) is 6.01. The zero-order valence-corrected chi connectivity index (χ0v) is 18.5. The number of aryl methyl sites for hydroxylation is 2. The summed E-state index contributed by atoms with van der Waals surface area (Å²) in [4.78, 5) is 22.0. The van der Waals surface area contributed by atoms with Crippen LogP contribution < -0.4 is 4.90 Å². The Hall–Kier alpha value is -3.53. The number of anilines is 1. The molecule has 4 heterocycles. The number of nitrogens with zero attached hydrogens (tertiary/aromatic N) is 6. The van der Waals surface area contributed by atoms with Crippen LogP contribution in [0.3, 0.4) is 0 Å². The van der Waals surface area contributed by atoms with Gasteiger partial charge >= 0.3 is 0 Å². The molecule has 5 rings (SSSR count). The van der Waals surface area contributed by atoms with E-state index in [1.165, 1.54) is 16.5 Å². The van der Waals surface area contributed by atoms with Crippen molar-refractivity contribution in [2.75, 3.05) is 11.9 Å². The summed E-state index contributed by atoms with van der Waals surface area (Å²) < 4.78 is 29.5. The predicted molar refractivity (Wildman–Crippen MR) is 119 cm³/mol. The van der Waals surface area contributed by atoms with Crippen molar-refractivity contribution in [3.8, 4) is 0 Å². The van der Waals surface area contributed by atoms with Crippen molar-refractivity contribution in [2.24, 2.45) is 0 Å². The Labute approximate surface area is 185 Å². The van der Waals surface area contributed by atoms with Gasteiger partial charge in [0, 0.05) is 18.9 Å². The smallest absolute Gasteiger partial charge is 0.269 e. The number of carbonyl (C=O) groups excluding carboxylic acids is 1. The molecule has 10 heteroatoms.